The van der Waals surface area contributed by atoms with Gasteiger partial charge in [0.05, 0.1) is 18.1 Å². The highest BCUT2D eigenvalue weighted by Gasteiger charge is 2.67. The maximum absolute atomic E-state index is 13.2. The van der Waals surface area contributed by atoms with Crippen LogP contribution in [0.25, 0.3) is 0 Å². The maximum atomic E-state index is 13.2. The van der Waals surface area contributed by atoms with Crippen LogP contribution in [0.1, 0.15) is 79.2 Å². The van der Waals surface area contributed by atoms with E-state index in [9.17, 15) is 14.4 Å². The molecule has 0 aromatic heterocycles. The van der Waals surface area contributed by atoms with E-state index in [0.29, 0.717) is 37.6 Å². The van der Waals surface area contributed by atoms with Crippen LogP contribution in [-0.2, 0) is 30.2 Å². The van der Waals surface area contributed by atoms with Crippen LogP contribution >= 0.6 is 0 Å². The van der Waals surface area contributed by atoms with Gasteiger partial charge in [-0.05, 0) is 82.6 Å². The van der Waals surface area contributed by atoms with Gasteiger partial charge in [-0.3, -0.25) is 4.79 Å². The van der Waals surface area contributed by atoms with Gasteiger partial charge in [0.2, 0.25) is 5.91 Å². The first-order valence-corrected chi connectivity index (χ1v) is 14.8. The van der Waals surface area contributed by atoms with E-state index in [-0.39, 0.29) is 36.1 Å². The fourth-order valence-corrected chi connectivity index (χ4v) is 6.50. The predicted octanol–water partition coefficient (Wildman–Crippen LogP) is 4.36. The monoisotopic (exact) mass is 571 g/mol. The second-order valence-electron chi connectivity index (χ2n) is 13.3. The van der Waals surface area contributed by atoms with Gasteiger partial charge in [-0.1, -0.05) is 44.2 Å². The number of benzene rings is 1. The van der Waals surface area contributed by atoms with E-state index in [1.165, 1.54) is 0 Å². The first-order valence-electron chi connectivity index (χ1n) is 14.8. The molecule has 41 heavy (non-hydrogen) atoms. The largest absolute Gasteiger partial charge is 0.478 e. The van der Waals surface area contributed by atoms with E-state index in [1.807, 2.05) is 30.3 Å². The molecule has 3 N–H and O–H groups in total. The van der Waals surface area contributed by atoms with Gasteiger partial charge in [0.1, 0.15) is 18.2 Å². The van der Waals surface area contributed by atoms with Crippen molar-refractivity contribution in [1.82, 2.24) is 16.0 Å². The summed E-state index contributed by atoms with van der Waals surface area (Å²) in [5.74, 6) is 0.748. The molecular formula is C30H46BN3O7. The molecule has 4 fully saturated rings. The number of unbranched alkanes of at least 4 members (excludes halogenated alkanes) is 1. The summed E-state index contributed by atoms with van der Waals surface area (Å²) in [5.41, 5.74) is 0.104. The molecule has 1 aliphatic heterocycles. The van der Waals surface area contributed by atoms with Crippen molar-refractivity contribution in [2.75, 3.05) is 13.0 Å². The molecule has 3 amide bonds. The number of rotatable bonds is 11. The van der Waals surface area contributed by atoms with Crippen LogP contribution in [0.5, 0.6) is 0 Å². The van der Waals surface area contributed by atoms with E-state index in [4.69, 9.17) is 18.8 Å². The molecule has 0 radical (unpaired) electrons. The molecule has 0 spiro atoms. The Balaban J connectivity index is 1.22. The number of nitrogens with one attached hydrogen (secondary N) is 3. The smallest absolute Gasteiger partial charge is 0.445 e. The zero-order valence-electron chi connectivity index (χ0n) is 25.3. The Bertz CT molecular complexity index is 1080. The molecule has 2 bridgehead atoms. The quantitative estimate of drug-likeness (QED) is 0.266. The fourth-order valence-electron chi connectivity index (χ4n) is 6.50. The standard InChI is InChI=1S/C30H46BN3O7/c1-28(2,3)39-27(37)34-22(14-10-11-15-32-26(36)38-18-20-12-8-7-9-13-20)25(35)33-19-31-40-24-17-21-16-23(29(21,4)5)30(24,6)41-31/h7-9,12-13,21-24H,10-11,14-19H2,1-6H3,(H,32,36)(H,33,35)(H,34,37)/t21?,22-,23?,24-,30+/m0/s1. The normalized spacial score (nSPS) is 26.7. The molecule has 11 heteroatoms. The predicted molar refractivity (Wildman–Crippen MR) is 155 cm³/mol. The summed E-state index contributed by atoms with van der Waals surface area (Å²) in [7, 11) is -0.530. The van der Waals surface area contributed by atoms with E-state index in [0.717, 1.165) is 18.4 Å². The second-order valence-corrected chi connectivity index (χ2v) is 13.3. The average molecular weight is 572 g/mol. The van der Waals surface area contributed by atoms with E-state index in [2.05, 4.69) is 36.7 Å². The summed E-state index contributed by atoms with van der Waals surface area (Å²) in [4.78, 5) is 37.7. The lowest BCUT2D eigenvalue weighted by Crippen LogP contribution is -2.65. The van der Waals surface area contributed by atoms with E-state index < -0.39 is 30.9 Å². The molecule has 4 aliphatic rings. The number of carbonyl (C=O) groups excluding carboxylic acids is 3. The highest BCUT2D eigenvalue weighted by atomic mass is 16.7. The summed E-state index contributed by atoms with van der Waals surface area (Å²) in [6, 6.07) is 8.64. The molecule has 1 heterocycles. The number of alkyl carbamates (subject to hydrolysis) is 2. The fraction of sp³-hybridized carbons (Fsp3) is 0.700. The Hall–Kier alpha value is -2.79. The van der Waals surface area contributed by atoms with Crippen LogP contribution in [0.4, 0.5) is 9.59 Å². The zero-order valence-corrected chi connectivity index (χ0v) is 25.3. The van der Waals surface area contributed by atoms with Crippen molar-refractivity contribution < 1.29 is 33.2 Å². The molecule has 10 nitrogen and oxygen atoms in total. The summed E-state index contributed by atoms with van der Waals surface area (Å²) in [6.07, 6.45) is 2.76. The van der Waals surface area contributed by atoms with Gasteiger partial charge >= 0.3 is 19.3 Å². The molecule has 1 saturated heterocycles. The third kappa shape index (κ3) is 7.74. The minimum atomic E-state index is -0.805. The van der Waals surface area contributed by atoms with Gasteiger partial charge < -0.3 is 34.7 Å². The number of amides is 3. The highest BCUT2D eigenvalue weighted by Crippen LogP contribution is 2.65. The van der Waals surface area contributed by atoms with Crippen LogP contribution in [0.3, 0.4) is 0 Å². The minimum absolute atomic E-state index is 0.0312. The lowest BCUT2D eigenvalue weighted by atomic mass is 9.43. The Labute approximate surface area is 244 Å². The number of hydrogen-bond acceptors (Lipinski definition) is 7. The molecule has 1 aromatic rings. The van der Waals surface area contributed by atoms with Gasteiger partial charge in [-0.2, -0.15) is 0 Å². The second kappa shape index (κ2) is 12.6. The first kappa shape index (κ1) is 31.2. The topological polar surface area (TPSA) is 124 Å². The molecule has 2 unspecified atom stereocenters. The Morgan fingerprint density at radius 2 is 1.78 bits per heavy atom. The average Bonchev–Trinajstić information content (AvgIpc) is 3.25. The zero-order chi connectivity index (χ0) is 29.8. The Morgan fingerprint density at radius 1 is 1.05 bits per heavy atom. The number of hydrogen-bond donors (Lipinski definition) is 3. The van der Waals surface area contributed by atoms with Gasteiger partial charge in [0, 0.05) is 6.54 Å². The van der Waals surface area contributed by atoms with E-state index in [1.54, 1.807) is 20.8 Å². The van der Waals surface area contributed by atoms with Crippen molar-refractivity contribution in [3.63, 3.8) is 0 Å². The van der Waals surface area contributed by atoms with E-state index >= 15 is 0 Å². The molecule has 3 aliphatic carbocycles. The molecule has 1 aromatic carbocycles. The number of ether oxygens (including phenoxy) is 2. The van der Waals surface area contributed by atoms with Crippen LogP contribution in [-0.4, -0.2) is 61.5 Å². The molecule has 3 saturated carbocycles. The third-order valence-electron chi connectivity index (χ3n) is 8.85. The number of carbonyl (C=O) groups is 3. The Kier molecular flexibility index (Phi) is 9.58. The molecule has 226 valence electrons. The Morgan fingerprint density at radius 3 is 2.46 bits per heavy atom. The van der Waals surface area contributed by atoms with Crippen molar-refractivity contribution in [1.29, 1.82) is 0 Å². The van der Waals surface area contributed by atoms with Gasteiger partial charge in [0.15, 0.2) is 0 Å². The maximum Gasteiger partial charge on any atom is 0.478 e. The minimum Gasteiger partial charge on any atom is -0.445 e. The lowest BCUT2D eigenvalue weighted by Gasteiger charge is -2.64. The van der Waals surface area contributed by atoms with Crippen molar-refractivity contribution in [3.8, 4) is 0 Å². The third-order valence-corrected chi connectivity index (χ3v) is 8.85. The van der Waals surface area contributed by atoms with Crippen molar-refractivity contribution in [2.24, 2.45) is 17.3 Å². The van der Waals surface area contributed by atoms with Crippen molar-refractivity contribution in [2.45, 2.75) is 104 Å². The van der Waals surface area contributed by atoms with Crippen LogP contribution < -0.4 is 16.0 Å². The van der Waals surface area contributed by atoms with Crippen LogP contribution in [0.15, 0.2) is 30.3 Å². The summed E-state index contributed by atoms with van der Waals surface area (Å²) >= 11 is 0. The molecule has 5 rings (SSSR count). The SMILES string of the molecule is CC(C)(C)OC(=O)N[C@@H](CCCCNC(=O)OCc1ccccc1)C(=O)NCB1O[C@H]2CC3CC(C3(C)C)[C@@]2(C)O1. The van der Waals surface area contributed by atoms with Crippen molar-refractivity contribution in [3.05, 3.63) is 35.9 Å². The van der Waals surface area contributed by atoms with Crippen LogP contribution in [0, 0.1) is 17.3 Å². The summed E-state index contributed by atoms with van der Waals surface area (Å²) in [6.45, 7) is 12.6. The summed E-state index contributed by atoms with van der Waals surface area (Å²) in [5, 5.41) is 8.34. The molecule has 5 atom stereocenters. The highest BCUT2D eigenvalue weighted by molar-refractivity contribution is 6.46. The summed E-state index contributed by atoms with van der Waals surface area (Å²) < 4.78 is 23.2. The van der Waals surface area contributed by atoms with Crippen molar-refractivity contribution >= 4 is 25.2 Å². The van der Waals surface area contributed by atoms with Gasteiger partial charge in [0.25, 0.3) is 0 Å². The van der Waals surface area contributed by atoms with Gasteiger partial charge in [-0.15, -0.1) is 0 Å². The van der Waals surface area contributed by atoms with Crippen LogP contribution in [0.2, 0.25) is 0 Å². The lowest BCUT2D eigenvalue weighted by molar-refractivity contribution is -0.199. The molecular weight excluding hydrogens is 525 g/mol. The first-order chi connectivity index (χ1) is 19.3. The van der Waals surface area contributed by atoms with Gasteiger partial charge in [-0.25, -0.2) is 9.59 Å².